The Labute approximate surface area is 62.4 Å². The van der Waals surface area contributed by atoms with E-state index < -0.39 is 0 Å². The summed E-state index contributed by atoms with van der Waals surface area (Å²) in [6.45, 7) is 0. The van der Waals surface area contributed by atoms with E-state index in [1.165, 1.54) is 24.4 Å². The molecule has 2 nitrogen and oxygen atoms in total. The van der Waals surface area contributed by atoms with Crippen LogP contribution in [0, 0.1) is 5.82 Å². The summed E-state index contributed by atoms with van der Waals surface area (Å²) >= 11 is 0. The van der Waals surface area contributed by atoms with Crippen molar-refractivity contribution in [2.75, 3.05) is 0 Å². The molecule has 1 aliphatic rings. The van der Waals surface area contributed by atoms with Gasteiger partial charge in [0.25, 0.3) is 5.91 Å². The van der Waals surface area contributed by atoms with Crippen LogP contribution in [-0.2, 0) is 0 Å². The molecule has 54 valence electrons. The van der Waals surface area contributed by atoms with E-state index in [1.807, 2.05) is 0 Å². The lowest BCUT2D eigenvalue weighted by atomic mass is 10.1. The minimum atomic E-state index is -0.343. The number of rotatable bonds is 0. The van der Waals surface area contributed by atoms with E-state index in [4.69, 9.17) is 0 Å². The smallest absolute Gasteiger partial charge is 0.267 e. The van der Waals surface area contributed by atoms with Gasteiger partial charge in [0.2, 0.25) is 0 Å². The molecule has 0 spiro atoms. The van der Waals surface area contributed by atoms with Crippen LogP contribution in [0.2, 0.25) is 0 Å². The van der Waals surface area contributed by atoms with Crippen molar-refractivity contribution in [3.8, 4) is 0 Å². The number of fused-ring (bicyclic) bond motifs is 1. The Kier molecular flexibility index (Phi) is 1.12. The van der Waals surface area contributed by atoms with Gasteiger partial charge < -0.3 is 0 Å². The normalized spacial score (nSPS) is 13.7. The lowest BCUT2D eigenvalue weighted by molar-refractivity contribution is 0.101. The van der Waals surface area contributed by atoms with Crippen molar-refractivity contribution in [2.45, 2.75) is 0 Å². The molecule has 0 bridgehead atoms. The van der Waals surface area contributed by atoms with Gasteiger partial charge in [0.05, 0.1) is 5.56 Å². The summed E-state index contributed by atoms with van der Waals surface area (Å²) in [5, 5.41) is 0. The van der Waals surface area contributed by atoms with Crippen LogP contribution in [0.25, 0.3) is 0 Å². The van der Waals surface area contributed by atoms with E-state index in [-0.39, 0.29) is 11.7 Å². The Morgan fingerprint density at radius 3 is 3.00 bits per heavy atom. The molecule has 1 amide bonds. The Morgan fingerprint density at radius 2 is 2.18 bits per heavy atom. The minimum Gasteiger partial charge on any atom is -0.267 e. The second kappa shape index (κ2) is 1.99. The maximum atomic E-state index is 12.5. The highest BCUT2D eigenvalue weighted by Gasteiger charge is 2.14. The minimum absolute atomic E-state index is 0.292. The van der Waals surface area contributed by atoms with E-state index >= 15 is 0 Å². The van der Waals surface area contributed by atoms with Gasteiger partial charge in [-0.2, -0.15) is 0 Å². The Bertz CT molecular complexity index is 357. The van der Waals surface area contributed by atoms with E-state index in [9.17, 15) is 9.18 Å². The van der Waals surface area contributed by atoms with Crippen LogP contribution in [0.5, 0.6) is 0 Å². The molecule has 0 unspecified atom stereocenters. The first kappa shape index (κ1) is 6.22. The fraction of sp³-hybridized carbons (Fsp3) is 0. The number of amides is 1. The predicted octanol–water partition coefficient (Wildman–Crippen LogP) is 1.40. The Balaban J connectivity index is 2.66. The maximum absolute atomic E-state index is 12.5. The van der Waals surface area contributed by atoms with Gasteiger partial charge in [-0.3, -0.25) is 4.79 Å². The third kappa shape index (κ3) is 0.852. The first-order valence-corrected chi connectivity index (χ1v) is 3.15. The quantitative estimate of drug-likeness (QED) is 0.548. The Morgan fingerprint density at radius 1 is 1.36 bits per heavy atom. The number of halogens is 1. The van der Waals surface area contributed by atoms with E-state index in [0.717, 1.165) is 0 Å². The van der Waals surface area contributed by atoms with E-state index in [1.54, 1.807) is 0 Å². The Hall–Kier alpha value is -1.51. The number of carbonyl (C=O) groups excluding carboxylic acids is 1. The molecule has 1 aromatic rings. The van der Waals surface area contributed by atoms with Crippen molar-refractivity contribution >= 4 is 12.1 Å². The molecule has 0 atom stereocenters. The fourth-order valence-electron chi connectivity index (χ4n) is 1.03. The molecular formula is C8H4FNO. The highest BCUT2D eigenvalue weighted by Crippen LogP contribution is 2.15. The SMILES string of the molecule is O=C1N=Cc2cc(F)ccc21. The lowest BCUT2D eigenvalue weighted by Crippen LogP contribution is -1.91. The molecule has 0 N–H and O–H groups in total. The molecule has 2 rings (SSSR count). The topological polar surface area (TPSA) is 29.4 Å². The van der Waals surface area contributed by atoms with Crippen LogP contribution in [0.4, 0.5) is 4.39 Å². The van der Waals surface area contributed by atoms with Crippen molar-refractivity contribution in [3.63, 3.8) is 0 Å². The van der Waals surface area contributed by atoms with Crippen LogP contribution in [0.15, 0.2) is 23.2 Å². The first-order chi connectivity index (χ1) is 5.27. The number of carbonyl (C=O) groups is 1. The van der Waals surface area contributed by atoms with Gasteiger partial charge in [-0.25, -0.2) is 9.38 Å². The molecule has 0 saturated heterocycles. The molecule has 1 aliphatic heterocycles. The first-order valence-electron chi connectivity index (χ1n) is 3.15. The highest BCUT2D eigenvalue weighted by atomic mass is 19.1. The standard InChI is InChI=1S/C8H4FNO/c9-6-1-2-7-5(3-6)4-10-8(7)11/h1-4H. The molecule has 0 radical (unpaired) electrons. The molecule has 0 saturated carbocycles. The zero-order chi connectivity index (χ0) is 7.84. The summed E-state index contributed by atoms with van der Waals surface area (Å²) in [6.07, 6.45) is 1.38. The second-order valence-corrected chi connectivity index (χ2v) is 2.29. The van der Waals surface area contributed by atoms with E-state index in [2.05, 4.69) is 4.99 Å². The summed E-state index contributed by atoms with van der Waals surface area (Å²) in [4.78, 5) is 14.4. The van der Waals surface area contributed by atoms with Gasteiger partial charge in [0.1, 0.15) is 5.82 Å². The van der Waals surface area contributed by atoms with Gasteiger partial charge >= 0.3 is 0 Å². The second-order valence-electron chi connectivity index (χ2n) is 2.29. The predicted molar refractivity (Wildman–Crippen MR) is 38.3 cm³/mol. The molecule has 1 aromatic carbocycles. The molecule has 0 aliphatic carbocycles. The van der Waals surface area contributed by atoms with Crippen LogP contribution in [-0.4, -0.2) is 12.1 Å². The highest BCUT2D eigenvalue weighted by molar-refractivity contribution is 6.12. The number of nitrogens with zero attached hydrogens (tertiary/aromatic N) is 1. The third-order valence-corrected chi connectivity index (χ3v) is 1.56. The van der Waals surface area contributed by atoms with Crippen molar-refractivity contribution < 1.29 is 9.18 Å². The number of hydrogen-bond acceptors (Lipinski definition) is 1. The maximum Gasteiger partial charge on any atom is 0.277 e. The average molecular weight is 149 g/mol. The van der Waals surface area contributed by atoms with Gasteiger partial charge in [-0.05, 0) is 18.2 Å². The molecule has 0 fully saturated rings. The molecule has 11 heavy (non-hydrogen) atoms. The monoisotopic (exact) mass is 149 g/mol. The van der Waals surface area contributed by atoms with Crippen molar-refractivity contribution in [3.05, 3.63) is 35.1 Å². The number of hydrogen-bond donors (Lipinski definition) is 0. The molecule has 1 heterocycles. The summed E-state index contributed by atoms with van der Waals surface area (Å²) < 4.78 is 12.5. The average Bonchev–Trinajstić information content (AvgIpc) is 2.32. The summed E-state index contributed by atoms with van der Waals surface area (Å²) in [5.74, 6) is -0.634. The van der Waals surface area contributed by atoms with Crippen molar-refractivity contribution in [1.82, 2.24) is 0 Å². The molecular weight excluding hydrogens is 145 g/mol. The van der Waals surface area contributed by atoms with Crippen LogP contribution >= 0.6 is 0 Å². The van der Waals surface area contributed by atoms with Crippen LogP contribution in [0.1, 0.15) is 15.9 Å². The zero-order valence-corrected chi connectivity index (χ0v) is 5.54. The molecule has 3 heteroatoms. The fourth-order valence-corrected chi connectivity index (χ4v) is 1.03. The van der Waals surface area contributed by atoms with Crippen molar-refractivity contribution in [2.24, 2.45) is 4.99 Å². The van der Waals surface area contributed by atoms with E-state index in [0.29, 0.717) is 11.1 Å². The van der Waals surface area contributed by atoms with Gasteiger partial charge in [0, 0.05) is 11.8 Å². The zero-order valence-electron chi connectivity index (χ0n) is 5.54. The number of aliphatic imine (C=N–C) groups is 1. The van der Waals surface area contributed by atoms with Gasteiger partial charge in [0.15, 0.2) is 0 Å². The number of benzene rings is 1. The van der Waals surface area contributed by atoms with Crippen LogP contribution < -0.4 is 0 Å². The van der Waals surface area contributed by atoms with Gasteiger partial charge in [-0.1, -0.05) is 0 Å². The molecule has 0 aromatic heterocycles. The third-order valence-electron chi connectivity index (χ3n) is 1.56. The summed E-state index contributed by atoms with van der Waals surface area (Å²) in [7, 11) is 0. The largest absolute Gasteiger partial charge is 0.277 e. The van der Waals surface area contributed by atoms with Crippen LogP contribution in [0.3, 0.4) is 0 Å². The van der Waals surface area contributed by atoms with Gasteiger partial charge in [-0.15, -0.1) is 0 Å². The lowest BCUT2D eigenvalue weighted by Gasteiger charge is -1.92. The van der Waals surface area contributed by atoms with Crippen molar-refractivity contribution in [1.29, 1.82) is 0 Å². The summed E-state index contributed by atoms with van der Waals surface area (Å²) in [6, 6.07) is 4.00. The summed E-state index contributed by atoms with van der Waals surface area (Å²) in [5.41, 5.74) is 1.04.